The predicted molar refractivity (Wildman–Crippen MR) is 70.9 cm³/mol. The van der Waals surface area contributed by atoms with Crippen LogP contribution in [-0.4, -0.2) is 44.9 Å². The molecule has 2 fully saturated rings. The van der Waals surface area contributed by atoms with Gasteiger partial charge < -0.3 is 10.0 Å². The van der Waals surface area contributed by atoms with E-state index < -0.39 is 0 Å². The molecule has 3 rings (SSSR count). The molecule has 1 amide bonds. The molecule has 0 spiro atoms. The van der Waals surface area contributed by atoms with Crippen molar-refractivity contribution in [1.82, 2.24) is 14.7 Å². The lowest BCUT2D eigenvalue weighted by Gasteiger charge is -2.28. The molecule has 1 aliphatic heterocycles. The van der Waals surface area contributed by atoms with Crippen LogP contribution in [-0.2, 0) is 0 Å². The lowest BCUT2D eigenvalue weighted by Crippen LogP contribution is -2.40. The lowest BCUT2D eigenvalue weighted by atomic mass is 10.1. The van der Waals surface area contributed by atoms with E-state index in [4.69, 9.17) is 0 Å². The van der Waals surface area contributed by atoms with Crippen LogP contribution in [0.1, 0.15) is 55.1 Å². The Hall–Kier alpha value is -1.36. The molecule has 2 aliphatic rings. The Labute approximate surface area is 113 Å². The average Bonchev–Trinajstić information content (AvgIpc) is 3.10. The normalized spacial score (nSPS) is 22.1. The number of piperidine rings is 1. The average molecular weight is 263 g/mol. The van der Waals surface area contributed by atoms with Crippen molar-refractivity contribution in [3.05, 3.63) is 18.0 Å². The second-order valence-electron chi connectivity index (χ2n) is 5.64. The van der Waals surface area contributed by atoms with Gasteiger partial charge in [0.2, 0.25) is 0 Å². The Kier molecular flexibility index (Phi) is 3.55. The van der Waals surface area contributed by atoms with Gasteiger partial charge in [0, 0.05) is 19.3 Å². The van der Waals surface area contributed by atoms with Crippen LogP contribution in [0.15, 0.2) is 12.3 Å². The number of hydrogen-bond acceptors (Lipinski definition) is 3. The number of carbonyl (C=O) groups excluding carboxylic acids is 1. The minimum absolute atomic E-state index is 0.00338. The highest BCUT2D eigenvalue weighted by atomic mass is 16.3. The zero-order valence-corrected chi connectivity index (χ0v) is 11.2. The number of hydrogen-bond donors (Lipinski definition) is 1. The van der Waals surface area contributed by atoms with Gasteiger partial charge in [-0.1, -0.05) is 12.8 Å². The summed E-state index contributed by atoms with van der Waals surface area (Å²) < 4.78 is 1.96. The number of aromatic nitrogens is 2. The third-order valence-corrected chi connectivity index (χ3v) is 4.28. The molecule has 1 saturated carbocycles. The van der Waals surface area contributed by atoms with Gasteiger partial charge in [-0.25, -0.2) is 0 Å². The van der Waals surface area contributed by atoms with E-state index in [2.05, 4.69) is 5.10 Å². The van der Waals surface area contributed by atoms with Gasteiger partial charge in [0.15, 0.2) is 0 Å². The molecule has 104 valence electrons. The van der Waals surface area contributed by atoms with Crippen LogP contribution in [0.4, 0.5) is 0 Å². The molecular weight excluding hydrogens is 242 g/mol. The zero-order valence-electron chi connectivity index (χ0n) is 11.2. The van der Waals surface area contributed by atoms with Gasteiger partial charge in [-0.15, -0.1) is 0 Å². The molecule has 0 radical (unpaired) electrons. The number of nitrogens with zero attached hydrogens (tertiary/aromatic N) is 3. The highest BCUT2D eigenvalue weighted by Crippen LogP contribution is 2.28. The summed E-state index contributed by atoms with van der Waals surface area (Å²) in [6.07, 6.45) is 7.90. The van der Waals surface area contributed by atoms with Crippen molar-refractivity contribution in [2.45, 2.75) is 50.7 Å². The second-order valence-corrected chi connectivity index (χ2v) is 5.64. The summed E-state index contributed by atoms with van der Waals surface area (Å²) in [6, 6.07) is 2.30. The van der Waals surface area contributed by atoms with Crippen LogP contribution in [0.2, 0.25) is 0 Å². The quantitative estimate of drug-likeness (QED) is 0.881. The van der Waals surface area contributed by atoms with Crippen LogP contribution >= 0.6 is 0 Å². The fourth-order valence-electron chi connectivity index (χ4n) is 3.06. The maximum absolute atomic E-state index is 12.3. The van der Waals surface area contributed by atoms with Gasteiger partial charge in [0.05, 0.1) is 12.1 Å². The van der Waals surface area contributed by atoms with Crippen molar-refractivity contribution in [3.63, 3.8) is 0 Å². The van der Waals surface area contributed by atoms with E-state index in [9.17, 15) is 9.90 Å². The van der Waals surface area contributed by atoms with Crippen LogP contribution in [0, 0.1) is 0 Å². The molecule has 1 aromatic heterocycles. The molecule has 1 N–H and O–H groups in total. The fourth-order valence-corrected chi connectivity index (χ4v) is 3.06. The first-order valence-corrected chi connectivity index (χ1v) is 7.26. The monoisotopic (exact) mass is 263 g/mol. The van der Waals surface area contributed by atoms with Gasteiger partial charge in [0.25, 0.3) is 5.91 Å². The maximum atomic E-state index is 12.3. The van der Waals surface area contributed by atoms with E-state index in [0.29, 0.717) is 37.7 Å². The molecular formula is C14H21N3O2. The predicted octanol–water partition coefficient (Wildman–Crippen LogP) is 1.60. The minimum Gasteiger partial charge on any atom is -0.393 e. The van der Waals surface area contributed by atoms with Crippen molar-refractivity contribution in [3.8, 4) is 0 Å². The molecule has 0 bridgehead atoms. The van der Waals surface area contributed by atoms with E-state index in [1.807, 2.05) is 16.9 Å². The Morgan fingerprint density at radius 1 is 1.21 bits per heavy atom. The van der Waals surface area contributed by atoms with Gasteiger partial charge in [-0.2, -0.15) is 5.10 Å². The number of aliphatic hydroxyl groups is 1. The maximum Gasteiger partial charge on any atom is 0.274 e. The third-order valence-electron chi connectivity index (χ3n) is 4.28. The highest BCUT2D eigenvalue weighted by Gasteiger charge is 2.25. The molecule has 2 heterocycles. The molecule has 1 aromatic rings. The Morgan fingerprint density at radius 2 is 1.89 bits per heavy atom. The minimum atomic E-state index is -0.250. The summed E-state index contributed by atoms with van der Waals surface area (Å²) in [5, 5.41) is 13.9. The molecule has 0 aromatic carbocycles. The van der Waals surface area contributed by atoms with Crippen molar-refractivity contribution in [2.75, 3.05) is 13.1 Å². The van der Waals surface area contributed by atoms with Crippen molar-refractivity contribution < 1.29 is 9.90 Å². The zero-order chi connectivity index (χ0) is 13.2. The van der Waals surface area contributed by atoms with Crippen LogP contribution in [0.5, 0.6) is 0 Å². The molecule has 1 aliphatic carbocycles. The smallest absolute Gasteiger partial charge is 0.274 e. The van der Waals surface area contributed by atoms with E-state index in [1.165, 1.54) is 25.7 Å². The third kappa shape index (κ3) is 2.66. The lowest BCUT2D eigenvalue weighted by molar-refractivity contribution is 0.0540. The van der Waals surface area contributed by atoms with Gasteiger partial charge in [-0.3, -0.25) is 9.48 Å². The highest BCUT2D eigenvalue weighted by molar-refractivity contribution is 5.92. The molecule has 19 heavy (non-hydrogen) atoms. The number of amides is 1. The summed E-state index contributed by atoms with van der Waals surface area (Å²) >= 11 is 0. The molecule has 5 nitrogen and oxygen atoms in total. The van der Waals surface area contributed by atoms with Crippen molar-refractivity contribution in [2.24, 2.45) is 0 Å². The van der Waals surface area contributed by atoms with Crippen molar-refractivity contribution >= 4 is 5.91 Å². The van der Waals surface area contributed by atoms with Crippen LogP contribution in [0.3, 0.4) is 0 Å². The van der Waals surface area contributed by atoms with E-state index in [0.717, 1.165) is 0 Å². The summed E-state index contributed by atoms with van der Waals surface area (Å²) in [5.41, 5.74) is 0.545. The largest absolute Gasteiger partial charge is 0.393 e. The second kappa shape index (κ2) is 5.33. The molecule has 1 saturated heterocycles. The topological polar surface area (TPSA) is 58.4 Å². The Balaban J connectivity index is 1.66. The summed E-state index contributed by atoms with van der Waals surface area (Å²) in [7, 11) is 0. The Bertz CT molecular complexity index is 443. The molecule has 5 heteroatoms. The van der Waals surface area contributed by atoms with Crippen LogP contribution in [0.25, 0.3) is 0 Å². The van der Waals surface area contributed by atoms with E-state index in [1.54, 1.807) is 4.90 Å². The first kappa shape index (κ1) is 12.7. The van der Waals surface area contributed by atoms with Crippen LogP contribution < -0.4 is 0 Å². The number of likely N-dealkylation sites (tertiary alicyclic amines) is 1. The molecule has 0 unspecified atom stereocenters. The summed E-state index contributed by atoms with van der Waals surface area (Å²) in [6.45, 7) is 1.27. The fraction of sp³-hybridized carbons (Fsp3) is 0.714. The Morgan fingerprint density at radius 3 is 2.58 bits per heavy atom. The van der Waals surface area contributed by atoms with E-state index in [-0.39, 0.29) is 12.0 Å². The summed E-state index contributed by atoms with van der Waals surface area (Å²) in [5.74, 6) is 0.00338. The first-order valence-electron chi connectivity index (χ1n) is 7.26. The van der Waals surface area contributed by atoms with E-state index >= 15 is 0 Å². The van der Waals surface area contributed by atoms with Gasteiger partial charge in [0.1, 0.15) is 5.69 Å². The number of rotatable bonds is 2. The summed E-state index contributed by atoms with van der Waals surface area (Å²) in [4.78, 5) is 14.1. The molecule has 0 atom stereocenters. The van der Waals surface area contributed by atoms with Gasteiger partial charge in [-0.05, 0) is 31.7 Å². The number of aliphatic hydroxyl groups excluding tert-OH is 1. The SMILES string of the molecule is O=C(c1ccn(C2CCCC2)n1)N1CCC(O)CC1. The van der Waals surface area contributed by atoms with Gasteiger partial charge >= 0.3 is 0 Å². The first-order chi connectivity index (χ1) is 9.24. The van der Waals surface area contributed by atoms with Crippen molar-refractivity contribution in [1.29, 1.82) is 0 Å². The standard InChI is InChI=1S/C14H21N3O2/c18-12-5-8-16(9-6-12)14(19)13-7-10-17(15-13)11-3-1-2-4-11/h7,10-12,18H,1-6,8-9H2. The number of carbonyl (C=O) groups is 1.